The SMILES string of the molecule is CC(C)N1CC(C(=O)[NH+]2CC(C)C(O)(c3ccc(F)c(F)c3)C(C)C2)C(c2ccc(F)cc2F)C1. The molecule has 8 heteroatoms. The summed E-state index contributed by atoms with van der Waals surface area (Å²) in [6, 6.07) is 7.09. The minimum absolute atomic E-state index is 0.0621. The van der Waals surface area contributed by atoms with Crippen LogP contribution in [0.2, 0.25) is 0 Å². The van der Waals surface area contributed by atoms with Gasteiger partial charge in [0, 0.05) is 43.0 Å². The van der Waals surface area contributed by atoms with E-state index in [1.54, 1.807) is 13.8 Å². The molecule has 2 aromatic carbocycles. The molecule has 2 aliphatic rings. The Kier molecular flexibility index (Phi) is 7.10. The molecule has 0 spiro atoms. The Labute approximate surface area is 203 Å². The summed E-state index contributed by atoms with van der Waals surface area (Å²) in [7, 11) is 0. The van der Waals surface area contributed by atoms with E-state index in [1.807, 2.05) is 13.8 Å². The highest BCUT2D eigenvalue weighted by atomic mass is 19.2. The molecule has 0 saturated carbocycles. The Morgan fingerprint density at radius 1 is 0.971 bits per heavy atom. The summed E-state index contributed by atoms with van der Waals surface area (Å²) in [6.45, 7) is 9.21. The summed E-state index contributed by atoms with van der Waals surface area (Å²) in [5.41, 5.74) is -0.787. The highest BCUT2D eigenvalue weighted by molar-refractivity contribution is 5.72. The molecule has 0 bridgehead atoms. The molecule has 1 amide bonds. The predicted octanol–water partition coefficient (Wildman–Crippen LogP) is 3.25. The van der Waals surface area contributed by atoms with Crippen LogP contribution in [-0.4, -0.2) is 48.1 Å². The predicted molar refractivity (Wildman–Crippen MR) is 124 cm³/mol. The second-order valence-corrected chi connectivity index (χ2v) is 10.6. The maximum absolute atomic E-state index is 14.7. The van der Waals surface area contributed by atoms with Crippen molar-refractivity contribution in [3.8, 4) is 0 Å². The number of nitrogens with one attached hydrogen (secondary N) is 1. The van der Waals surface area contributed by atoms with Crippen LogP contribution in [-0.2, 0) is 10.4 Å². The highest BCUT2D eigenvalue weighted by Crippen LogP contribution is 2.39. The molecular weight excluding hydrogens is 460 g/mol. The molecule has 2 heterocycles. The van der Waals surface area contributed by atoms with E-state index in [2.05, 4.69) is 4.90 Å². The van der Waals surface area contributed by atoms with Crippen molar-refractivity contribution in [3.05, 3.63) is 70.8 Å². The minimum atomic E-state index is -1.42. The lowest BCUT2D eigenvalue weighted by Crippen LogP contribution is -3.18. The molecule has 4 unspecified atom stereocenters. The van der Waals surface area contributed by atoms with Gasteiger partial charge >= 0.3 is 5.91 Å². The first kappa shape index (κ1) is 25.8. The smallest absolute Gasteiger partial charge is 0.317 e. The number of piperidine rings is 1. The van der Waals surface area contributed by atoms with Gasteiger partial charge in [-0.1, -0.05) is 26.0 Å². The average Bonchev–Trinajstić information content (AvgIpc) is 3.24. The topological polar surface area (TPSA) is 45.0 Å². The fraction of sp³-hybridized carbons (Fsp3) is 0.519. The zero-order valence-electron chi connectivity index (χ0n) is 20.5. The van der Waals surface area contributed by atoms with Gasteiger partial charge in [0.25, 0.3) is 0 Å². The standard InChI is InChI=1S/C27H32F4N2O2/c1-15(2)32-13-21(20-7-6-19(28)10-24(20)30)22(14-32)26(34)33-11-16(3)27(35,17(4)12-33)18-5-8-23(29)25(31)9-18/h5-10,15-17,21-22,35H,11-14H2,1-4H3/p+1. The van der Waals surface area contributed by atoms with Gasteiger partial charge in [0.2, 0.25) is 0 Å². The number of carbonyl (C=O) groups is 1. The summed E-state index contributed by atoms with van der Waals surface area (Å²) >= 11 is 0. The first-order chi connectivity index (χ1) is 16.4. The molecule has 190 valence electrons. The second kappa shape index (κ2) is 9.64. The monoisotopic (exact) mass is 493 g/mol. The molecule has 2 saturated heterocycles. The summed E-state index contributed by atoms with van der Waals surface area (Å²) in [6.07, 6.45) is 0. The number of hydrogen-bond donors (Lipinski definition) is 2. The number of likely N-dealkylation sites (tertiary alicyclic amines) is 2. The lowest BCUT2D eigenvalue weighted by atomic mass is 9.70. The third-order valence-electron chi connectivity index (χ3n) is 8.12. The van der Waals surface area contributed by atoms with Crippen LogP contribution in [0.4, 0.5) is 17.6 Å². The van der Waals surface area contributed by atoms with Crippen LogP contribution in [0, 0.1) is 41.0 Å². The molecular formula is C27H33F4N2O2+. The molecule has 0 radical (unpaired) electrons. The van der Waals surface area contributed by atoms with Gasteiger partial charge in [0.1, 0.15) is 17.2 Å². The Bertz CT molecular complexity index is 1100. The number of hydrogen-bond acceptors (Lipinski definition) is 3. The number of carbonyl (C=O) groups excluding carboxylic acids is 1. The van der Waals surface area contributed by atoms with Gasteiger partial charge in [-0.05, 0) is 43.2 Å². The largest absolute Gasteiger partial charge is 0.384 e. The Morgan fingerprint density at radius 2 is 1.63 bits per heavy atom. The highest BCUT2D eigenvalue weighted by Gasteiger charge is 2.52. The maximum Gasteiger partial charge on any atom is 0.317 e. The van der Waals surface area contributed by atoms with Crippen LogP contribution in [0.1, 0.15) is 44.7 Å². The fourth-order valence-electron chi connectivity index (χ4n) is 6.04. The van der Waals surface area contributed by atoms with Crippen molar-refractivity contribution in [1.29, 1.82) is 0 Å². The zero-order chi connectivity index (χ0) is 25.7. The van der Waals surface area contributed by atoms with Crippen molar-refractivity contribution >= 4 is 5.91 Å². The van der Waals surface area contributed by atoms with E-state index >= 15 is 0 Å². The van der Waals surface area contributed by atoms with Gasteiger partial charge in [-0.2, -0.15) is 0 Å². The van der Waals surface area contributed by atoms with Crippen LogP contribution in [0.25, 0.3) is 0 Å². The van der Waals surface area contributed by atoms with Crippen molar-refractivity contribution in [2.24, 2.45) is 17.8 Å². The molecule has 2 fully saturated rings. The van der Waals surface area contributed by atoms with Crippen molar-refractivity contribution in [2.45, 2.75) is 45.3 Å². The number of halogens is 4. The fourth-order valence-corrected chi connectivity index (χ4v) is 6.04. The number of amides is 1. The van der Waals surface area contributed by atoms with E-state index in [4.69, 9.17) is 0 Å². The number of aliphatic hydroxyl groups is 1. The van der Waals surface area contributed by atoms with Crippen LogP contribution in [0.5, 0.6) is 0 Å². The van der Waals surface area contributed by atoms with Crippen molar-refractivity contribution < 1.29 is 32.4 Å². The summed E-state index contributed by atoms with van der Waals surface area (Å²) in [5.74, 6) is -5.10. The Morgan fingerprint density at radius 3 is 2.20 bits per heavy atom. The molecule has 2 aromatic rings. The summed E-state index contributed by atoms with van der Waals surface area (Å²) < 4.78 is 55.7. The van der Waals surface area contributed by atoms with Gasteiger partial charge < -0.3 is 5.11 Å². The lowest BCUT2D eigenvalue weighted by Gasteiger charge is -2.45. The van der Waals surface area contributed by atoms with Crippen molar-refractivity contribution in [1.82, 2.24) is 4.90 Å². The van der Waals surface area contributed by atoms with E-state index < -0.39 is 52.5 Å². The lowest BCUT2D eigenvalue weighted by molar-refractivity contribution is -0.841. The third-order valence-corrected chi connectivity index (χ3v) is 8.12. The first-order valence-electron chi connectivity index (χ1n) is 12.2. The van der Waals surface area contributed by atoms with E-state index in [0.29, 0.717) is 42.2 Å². The zero-order valence-corrected chi connectivity index (χ0v) is 20.5. The Hall–Kier alpha value is -2.29. The van der Waals surface area contributed by atoms with Crippen LogP contribution >= 0.6 is 0 Å². The number of nitrogens with zero attached hydrogens (tertiary/aromatic N) is 1. The molecule has 2 aliphatic heterocycles. The summed E-state index contributed by atoms with van der Waals surface area (Å²) in [5, 5.41) is 11.6. The second-order valence-electron chi connectivity index (χ2n) is 10.6. The van der Waals surface area contributed by atoms with Gasteiger partial charge in [-0.15, -0.1) is 0 Å². The van der Waals surface area contributed by atoms with Crippen LogP contribution in [0.15, 0.2) is 36.4 Å². The van der Waals surface area contributed by atoms with Crippen molar-refractivity contribution in [2.75, 3.05) is 26.2 Å². The van der Waals surface area contributed by atoms with E-state index in [1.165, 1.54) is 18.2 Å². The number of quaternary nitrogens is 1. The molecule has 0 aromatic heterocycles. The van der Waals surface area contributed by atoms with Crippen LogP contribution < -0.4 is 4.90 Å². The van der Waals surface area contributed by atoms with Gasteiger partial charge in [0.05, 0.1) is 19.0 Å². The molecule has 4 rings (SSSR count). The van der Waals surface area contributed by atoms with E-state index in [-0.39, 0.29) is 11.9 Å². The maximum atomic E-state index is 14.7. The molecule has 4 nitrogen and oxygen atoms in total. The first-order valence-corrected chi connectivity index (χ1v) is 12.2. The molecule has 0 aliphatic carbocycles. The molecule has 4 atom stereocenters. The van der Waals surface area contributed by atoms with Gasteiger partial charge in [0.15, 0.2) is 11.6 Å². The molecule has 35 heavy (non-hydrogen) atoms. The quantitative estimate of drug-likeness (QED) is 0.643. The normalized spacial score (nSPS) is 31.8. The van der Waals surface area contributed by atoms with Crippen molar-refractivity contribution in [3.63, 3.8) is 0 Å². The molecule has 2 N–H and O–H groups in total. The van der Waals surface area contributed by atoms with Gasteiger partial charge in [-0.25, -0.2) is 22.4 Å². The number of benzene rings is 2. The number of rotatable bonds is 4. The average molecular weight is 494 g/mol. The third kappa shape index (κ3) is 4.63. The van der Waals surface area contributed by atoms with Gasteiger partial charge in [-0.3, -0.25) is 9.80 Å². The Balaban J connectivity index is 1.60. The minimum Gasteiger partial charge on any atom is -0.384 e. The van der Waals surface area contributed by atoms with E-state index in [0.717, 1.165) is 18.2 Å². The summed E-state index contributed by atoms with van der Waals surface area (Å²) in [4.78, 5) is 16.6. The van der Waals surface area contributed by atoms with Crippen LogP contribution in [0.3, 0.4) is 0 Å². The van der Waals surface area contributed by atoms with E-state index in [9.17, 15) is 27.5 Å².